The van der Waals surface area contributed by atoms with Gasteiger partial charge < -0.3 is 10.5 Å². The molecule has 0 fully saturated rings. The SMILES string of the molecule is CCCNC(=O)c1nc(-c2ccccc2)cn(O)c1=N. The molecule has 20 heavy (non-hydrogen) atoms. The quantitative estimate of drug-likeness (QED) is 0.735. The molecule has 0 unspecified atom stereocenters. The van der Waals surface area contributed by atoms with Gasteiger partial charge in [-0.15, -0.1) is 0 Å². The Labute approximate surface area is 116 Å². The van der Waals surface area contributed by atoms with Gasteiger partial charge in [0.15, 0.2) is 11.2 Å². The third-order valence-electron chi connectivity index (χ3n) is 2.75. The summed E-state index contributed by atoms with van der Waals surface area (Å²) in [5.41, 5.74) is 0.770. The van der Waals surface area contributed by atoms with Crippen LogP contribution in [0.2, 0.25) is 0 Å². The van der Waals surface area contributed by atoms with Gasteiger partial charge in [0.05, 0.1) is 11.9 Å². The molecule has 1 aromatic heterocycles. The zero-order valence-electron chi connectivity index (χ0n) is 11.1. The van der Waals surface area contributed by atoms with Crippen LogP contribution < -0.4 is 10.8 Å². The van der Waals surface area contributed by atoms with Crippen LogP contribution in [0.5, 0.6) is 0 Å². The van der Waals surface area contributed by atoms with Crippen molar-refractivity contribution in [2.75, 3.05) is 6.54 Å². The number of rotatable bonds is 4. The Bertz CT molecular complexity index is 665. The van der Waals surface area contributed by atoms with Crippen LogP contribution in [-0.2, 0) is 0 Å². The molecule has 104 valence electrons. The van der Waals surface area contributed by atoms with E-state index in [0.717, 1.165) is 12.0 Å². The number of carbonyl (C=O) groups is 1. The number of hydrogen-bond donors (Lipinski definition) is 3. The molecule has 1 amide bonds. The Morgan fingerprint density at radius 1 is 1.40 bits per heavy atom. The summed E-state index contributed by atoms with van der Waals surface area (Å²) in [6.45, 7) is 2.43. The molecule has 0 aliphatic rings. The van der Waals surface area contributed by atoms with Gasteiger partial charge in [-0.3, -0.25) is 10.2 Å². The first-order chi connectivity index (χ1) is 9.63. The molecule has 0 aliphatic carbocycles. The summed E-state index contributed by atoms with van der Waals surface area (Å²) in [4.78, 5) is 16.1. The van der Waals surface area contributed by atoms with Crippen LogP contribution in [0.15, 0.2) is 36.5 Å². The maximum absolute atomic E-state index is 11.9. The van der Waals surface area contributed by atoms with E-state index < -0.39 is 5.91 Å². The normalized spacial score (nSPS) is 10.2. The first-order valence-corrected chi connectivity index (χ1v) is 6.34. The van der Waals surface area contributed by atoms with E-state index in [0.29, 0.717) is 17.0 Å². The molecule has 3 N–H and O–H groups in total. The van der Waals surface area contributed by atoms with Gasteiger partial charge in [-0.05, 0) is 6.42 Å². The van der Waals surface area contributed by atoms with Crippen LogP contribution in [0, 0.1) is 5.41 Å². The van der Waals surface area contributed by atoms with Gasteiger partial charge in [-0.1, -0.05) is 37.3 Å². The third kappa shape index (κ3) is 2.85. The van der Waals surface area contributed by atoms with E-state index in [2.05, 4.69) is 10.3 Å². The van der Waals surface area contributed by atoms with Gasteiger partial charge in [-0.25, -0.2) is 4.98 Å². The molecule has 0 radical (unpaired) electrons. The summed E-state index contributed by atoms with van der Waals surface area (Å²) < 4.78 is 0.607. The molecule has 0 spiro atoms. The standard InChI is InChI=1S/C14H16N4O2/c1-2-8-16-14(19)12-13(15)18(20)9-11(17-12)10-6-4-3-5-7-10/h3-7,9,15,20H,2,8H2,1H3,(H,16,19). The van der Waals surface area contributed by atoms with Crippen molar-refractivity contribution in [2.24, 2.45) is 0 Å². The van der Waals surface area contributed by atoms with Crippen molar-refractivity contribution in [1.82, 2.24) is 15.0 Å². The molecule has 0 atom stereocenters. The first-order valence-electron chi connectivity index (χ1n) is 6.34. The van der Waals surface area contributed by atoms with Crippen molar-refractivity contribution in [3.05, 3.63) is 47.7 Å². The lowest BCUT2D eigenvalue weighted by Gasteiger charge is -2.08. The van der Waals surface area contributed by atoms with Crippen molar-refractivity contribution in [2.45, 2.75) is 13.3 Å². The molecule has 0 aliphatic heterocycles. The Hall–Kier alpha value is -2.63. The van der Waals surface area contributed by atoms with Crippen LogP contribution in [0.3, 0.4) is 0 Å². The number of hydrogen-bond acceptors (Lipinski definition) is 4. The van der Waals surface area contributed by atoms with E-state index in [4.69, 9.17) is 5.41 Å². The molecule has 0 saturated heterocycles. The lowest BCUT2D eigenvalue weighted by molar-refractivity contribution is 0.0936. The van der Waals surface area contributed by atoms with Crippen LogP contribution in [0.25, 0.3) is 11.3 Å². The molecular formula is C14H16N4O2. The van der Waals surface area contributed by atoms with E-state index >= 15 is 0 Å². The van der Waals surface area contributed by atoms with Crippen LogP contribution >= 0.6 is 0 Å². The number of nitrogens with one attached hydrogen (secondary N) is 2. The van der Waals surface area contributed by atoms with Crippen molar-refractivity contribution in [3.63, 3.8) is 0 Å². The Kier molecular flexibility index (Phi) is 4.14. The van der Waals surface area contributed by atoms with E-state index in [1.54, 1.807) is 0 Å². The summed E-state index contributed by atoms with van der Waals surface area (Å²) in [5.74, 6) is -0.461. The minimum Gasteiger partial charge on any atom is -0.427 e. The highest BCUT2D eigenvalue weighted by atomic mass is 16.5. The number of carbonyl (C=O) groups excluding carboxylic acids is 1. The summed E-state index contributed by atoms with van der Waals surface area (Å²) in [6, 6.07) is 9.18. The molecule has 1 aromatic carbocycles. The molecule has 2 rings (SSSR count). The van der Waals surface area contributed by atoms with Crippen molar-refractivity contribution < 1.29 is 10.0 Å². The zero-order chi connectivity index (χ0) is 14.5. The fourth-order valence-corrected chi connectivity index (χ4v) is 1.72. The molecule has 2 aromatic rings. The highest BCUT2D eigenvalue weighted by Crippen LogP contribution is 2.14. The van der Waals surface area contributed by atoms with Gasteiger partial charge >= 0.3 is 0 Å². The number of aromatic nitrogens is 2. The Balaban J connectivity index is 2.45. The smallest absolute Gasteiger partial charge is 0.273 e. The third-order valence-corrected chi connectivity index (χ3v) is 2.75. The van der Waals surface area contributed by atoms with Crippen molar-refractivity contribution in [3.8, 4) is 11.3 Å². The highest BCUT2D eigenvalue weighted by Gasteiger charge is 2.14. The molecular weight excluding hydrogens is 256 g/mol. The zero-order valence-corrected chi connectivity index (χ0v) is 11.1. The van der Waals surface area contributed by atoms with Crippen LogP contribution in [0.4, 0.5) is 0 Å². The fraction of sp³-hybridized carbons (Fsp3) is 0.214. The maximum Gasteiger partial charge on any atom is 0.273 e. The Morgan fingerprint density at radius 2 is 2.10 bits per heavy atom. The largest absolute Gasteiger partial charge is 0.427 e. The minimum absolute atomic E-state index is 0.0951. The van der Waals surface area contributed by atoms with E-state index in [1.165, 1.54) is 6.20 Å². The summed E-state index contributed by atoms with van der Waals surface area (Å²) in [6.07, 6.45) is 2.10. The minimum atomic E-state index is -0.461. The van der Waals surface area contributed by atoms with Crippen molar-refractivity contribution in [1.29, 1.82) is 5.41 Å². The Morgan fingerprint density at radius 3 is 2.75 bits per heavy atom. The molecule has 6 nitrogen and oxygen atoms in total. The topological polar surface area (TPSA) is 91.0 Å². The summed E-state index contributed by atoms with van der Waals surface area (Å²) in [7, 11) is 0. The predicted molar refractivity (Wildman–Crippen MR) is 73.3 cm³/mol. The molecule has 6 heteroatoms. The lowest BCUT2D eigenvalue weighted by atomic mass is 10.1. The number of benzene rings is 1. The average molecular weight is 272 g/mol. The fourth-order valence-electron chi connectivity index (χ4n) is 1.72. The second kappa shape index (κ2) is 6.01. The predicted octanol–water partition coefficient (Wildman–Crippen LogP) is 1.41. The van der Waals surface area contributed by atoms with Crippen LogP contribution in [-0.4, -0.2) is 27.4 Å². The number of nitrogens with zero attached hydrogens (tertiary/aromatic N) is 2. The molecule has 0 bridgehead atoms. The lowest BCUT2D eigenvalue weighted by Crippen LogP contribution is -2.34. The second-order valence-electron chi connectivity index (χ2n) is 4.29. The monoisotopic (exact) mass is 272 g/mol. The van der Waals surface area contributed by atoms with Gasteiger partial charge in [-0.2, -0.15) is 4.73 Å². The highest BCUT2D eigenvalue weighted by molar-refractivity contribution is 5.92. The van der Waals surface area contributed by atoms with Crippen LogP contribution in [0.1, 0.15) is 23.8 Å². The average Bonchev–Trinajstić information content (AvgIpc) is 2.48. The maximum atomic E-state index is 11.9. The van der Waals surface area contributed by atoms with E-state index in [-0.39, 0.29) is 11.2 Å². The van der Waals surface area contributed by atoms with E-state index in [9.17, 15) is 10.0 Å². The second-order valence-corrected chi connectivity index (χ2v) is 4.29. The van der Waals surface area contributed by atoms with Gasteiger partial charge in [0.2, 0.25) is 0 Å². The summed E-state index contributed by atoms with van der Waals surface area (Å²) in [5, 5.41) is 20.1. The van der Waals surface area contributed by atoms with Gasteiger partial charge in [0, 0.05) is 12.1 Å². The van der Waals surface area contributed by atoms with Gasteiger partial charge in [0.25, 0.3) is 5.91 Å². The number of amides is 1. The van der Waals surface area contributed by atoms with Crippen molar-refractivity contribution >= 4 is 5.91 Å². The molecule has 0 saturated carbocycles. The first kappa shape index (κ1) is 13.8. The molecule has 1 heterocycles. The van der Waals surface area contributed by atoms with E-state index in [1.807, 2.05) is 37.3 Å². The summed E-state index contributed by atoms with van der Waals surface area (Å²) >= 11 is 0. The van der Waals surface area contributed by atoms with Gasteiger partial charge in [0.1, 0.15) is 0 Å².